The van der Waals surface area contributed by atoms with Crippen LogP contribution in [0.4, 0.5) is 67.2 Å². The third-order valence-corrected chi connectivity index (χ3v) is 4.59. The average Bonchev–Trinajstić information content (AvgIpc) is 3.08. The molecule has 1 heterocycles. The van der Waals surface area contributed by atoms with Gasteiger partial charge < -0.3 is 5.73 Å². The Labute approximate surface area is 180 Å². The number of anilines is 1. The van der Waals surface area contributed by atoms with Crippen molar-refractivity contribution in [3.63, 3.8) is 0 Å². The van der Waals surface area contributed by atoms with E-state index in [1.165, 1.54) is 6.92 Å². The minimum absolute atomic E-state index is 0.0791. The zero-order chi connectivity index (χ0) is 26.7. The molecule has 0 aliphatic rings. The summed E-state index contributed by atoms with van der Waals surface area (Å²) < 4.78 is 185. The van der Waals surface area contributed by atoms with Crippen molar-refractivity contribution in [2.24, 2.45) is 0 Å². The van der Waals surface area contributed by atoms with Crippen LogP contribution in [0.2, 0.25) is 0 Å². The monoisotopic (exact) mass is 523 g/mol. The fraction of sp³-hybridized carbons (Fsp3) is 0.471. The minimum Gasteiger partial charge on any atom is -0.399 e. The highest BCUT2D eigenvalue weighted by atomic mass is 19.4. The second-order valence-electron chi connectivity index (χ2n) is 7.06. The maximum absolute atomic E-state index is 14.3. The van der Waals surface area contributed by atoms with Gasteiger partial charge in [0, 0.05) is 5.69 Å². The summed E-state index contributed by atoms with van der Waals surface area (Å²) in [4.78, 5) is 0. The first-order chi connectivity index (χ1) is 15.0. The van der Waals surface area contributed by atoms with E-state index in [2.05, 4.69) is 5.10 Å². The molecule has 0 unspecified atom stereocenters. The number of aryl methyl sites for hydroxylation is 1. The largest absolute Gasteiger partial charge is 0.460 e. The molecule has 0 spiro atoms. The number of hydrogen-bond acceptors (Lipinski definition) is 2. The summed E-state index contributed by atoms with van der Waals surface area (Å²) in [5.41, 5.74) is -0.0248. The molecule has 0 aliphatic heterocycles. The highest BCUT2D eigenvalue weighted by Crippen LogP contribution is 2.55. The molecular formula is C17H11F14N3. The van der Waals surface area contributed by atoms with Gasteiger partial charge in [-0.1, -0.05) is 12.1 Å². The molecule has 192 valence electrons. The number of benzene rings is 1. The number of halogens is 14. The van der Waals surface area contributed by atoms with Crippen molar-refractivity contribution in [3.8, 4) is 0 Å². The van der Waals surface area contributed by atoms with Gasteiger partial charge in [-0.3, -0.25) is 4.68 Å². The van der Waals surface area contributed by atoms with Gasteiger partial charge in [-0.15, -0.1) is 0 Å². The fourth-order valence-corrected chi connectivity index (χ4v) is 2.63. The third kappa shape index (κ3) is 4.23. The van der Waals surface area contributed by atoms with Gasteiger partial charge in [0.15, 0.2) is 0 Å². The molecule has 0 radical (unpaired) electrons. The molecule has 17 heteroatoms. The van der Waals surface area contributed by atoms with Crippen LogP contribution in [0.25, 0.3) is 0 Å². The molecule has 0 amide bonds. The summed E-state index contributed by atoms with van der Waals surface area (Å²) in [6.07, 6.45) is -13.9. The number of nitrogens with zero attached hydrogens (tertiary/aromatic N) is 2. The van der Waals surface area contributed by atoms with Crippen LogP contribution in [-0.4, -0.2) is 34.0 Å². The number of alkyl halides is 14. The van der Waals surface area contributed by atoms with E-state index in [-0.39, 0.29) is 16.8 Å². The van der Waals surface area contributed by atoms with Crippen LogP contribution in [0, 0.1) is 6.92 Å². The molecule has 2 rings (SSSR count). The summed E-state index contributed by atoms with van der Waals surface area (Å²) in [5.74, 6) is -26.7. The first kappa shape index (κ1) is 27.5. The van der Waals surface area contributed by atoms with Gasteiger partial charge in [0.05, 0.1) is 6.54 Å². The lowest BCUT2D eigenvalue weighted by Crippen LogP contribution is -2.51. The Kier molecular flexibility index (Phi) is 6.39. The maximum Gasteiger partial charge on any atom is 0.460 e. The highest BCUT2D eigenvalue weighted by molar-refractivity contribution is 5.47. The van der Waals surface area contributed by atoms with E-state index in [9.17, 15) is 61.5 Å². The first-order valence-electron chi connectivity index (χ1n) is 8.57. The van der Waals surface area contributed by atoms with Crippen LogP contribution in [0.1, 0.15) is 22.5 Å². The fourth-order valence-electron chi connectivity index (χ4n) is 2.63. The molecule has 34 heavy (non-hydrogen) atoms. The second-order valence-corrected chi connectivity index (χ2v) is 7.06. The number of nitrogen functional groups attached to an aromatic ring is 1. The van der Waals surface area contributed by atoms with E-state index in [4.69, 9.17) is 5.73 Å². The van der Waals surface area contributed by atoms with Crippen LogP contribution in [0.3, 0.4) is 0 Å². The van der Waals surface area contributed by atoms with E-state index < -0.39 is 64.7 Å². The first-order valence-corrected chi connectivity index (χ1v) is 8.57. The van der Waals surface area contributed by atoms with Crippen molar-refractivity contribution in [1.29, 1.82) is 0 Å². The zero-order valence-corrected chi connectivity index (χ0v) is 16.3. The van der Waals surface area contributed by atoms with Crippen LogP contribution >= 0.6 is 0 Å². The van der Waals surface area contributed by atoms with Crippen LogP contribution < -0.4 is 5.73 Å². The predicted octanol–water partition coefficient (Wildman–Crippen LogP) is 6.40. The SMILES string of the molecule is Cc1cc(Cn2nc(C(F)(F)C(F)(F)C(F)(F)F)cc2C(F)(F)C(F)(F)C(F)(F)F)ccc1N. The van der Waals surface area contributed by atoms with Gasteiger partial charge in [0.25, 0.3) is 0 Å². The minimum atomic E-state index is -6.97. The molecule has 0 fully saturated rings. The molecule has 0 aliphatic carbocycles. The summed E-state index contributed by atoms with van der Waals surface area (Å²) in [7, 11) is 0. The predicted molar refractivity (Wildman–Crippen MR) is 86.7 cm³/mol. The molecule has 0 atom stereocenters. The molecule has 3 nitrogen and oxygen atoms in total. The van der Waals surface area contributed by atoms with E-state index in [0.717, 1.165) is 18.2 Å². The summed E-state index contributed by atoms with van der Waals surface area (Å²) in [6, 6.07) is 2.03. The van der Waals surface area contributed by atoms with Crippen molar-refractivity contribution >= 4 is 5.69 Å². The van der Waals surface area contributed by atoms with Crippen LogP contribution in [0.15, 0.2) is 24.3 Å². The van der Waals surface area contributed by atoms with Gasteiger partial charge in [0.2, 0.25) is 0 Å². The quantitative estimate of drug-likeness (QED) is 0.352. The van der Waals surface area contributed by atoms with Crippen molar-refractivity contribution < 1.29 is 61.5 Å². The molecule has 2 N–H and O–H groups in total. The number of aromatic nitrogens is 2. The van der Waals surface area contributed by atoms with E-state index in [1.54, 1.807) is 0 Å². The second kappa shape index (κ2) is 7.90. The third-order valence-electron chi connectivity index (χ3n) is 4.59. The molecule has 2 aromatic rings. The lowest BCUT2D eigenvalue weighted by atomic mass is 10.0. The maximum atomic E-state index is 14.3. The van der Waals surface area contributed by atoms with E-state index in [1.807, 2.05) is 0 Å². The van der Waals surface area contributed by atoms with Gasteiger partial charge in [-0.2, -0.15) is 66.6 Å². The van der Waals surface area contributed by atoms with Gasteiger partial charge >= 0.3 is 36.0 Å². The molecule has 1 aromatic heterocycles. The molecule has 1 aromatic carbocycles. The summed E-state index contributed by atoms with van der Waals surface area (Å²) >= 11 is 0. The lowest BCUT2D eigenvalue weighted by Gasteiger charge is -2.28. The Morgan fingerprint density at radius 2 is 1.21 bits per heavy atom. The number of rotatable bonds is 6. The van der Waals surface area contributed by atoms with E-state index >= 15 is 0 Å². The van der Waals surface area contributed by atoms with Crippen molar-refractivity contribution in [3.05, 3.63) is 46.8 Å². The average molecular weight is 523 g/mol. The van der Waals surface area contributed by atoms with Crippen molar-refractivity contribution in [2.75, 3.05) is 5.73 Å². The Morgan fingerprint density at radius 3 is 1.65 bits per heavy atom. The normalized spacial score (nSPS) is 14.6. The Bertz CT molecular complexity index is 1050. The Balaban J connectivity index is 2.78. The van der Waals surface area contributed by atoms with Crippen molar-refractivity contribution in [1.82, 2.24) is 9.78 Å². The van der Waals surface area contributed by atoms with Crippen LogP contribution in [-0.2, 0) is 18.4 Å². The number of hydrogen-bond donors (Lipinski definition) is 1. The molecule has 0 saturated heterocycles. The van der Waals surface area contributed by atoms with E-state index in [0.29, 0.717) is 0 Å². The zero-order valence-electron chi connectivity index (χ0n) is 16.3. The molecular weight excluding hydrogens is 512 g/mol. The van der Waals surface area contributed by atoms with Crippen molar-refractivity contribution in [2.45, 2.75) is 49.5 Å². The molecule has 0 bridgehead atoms. The standard InChI is InChI=1S/C17H11F14N3/c1-7-4-8(2-3-9(7)32)6-34-11(13(20,21)15(24,25)17(29,30)31)5-10(33-34)12(18,19)14(22,23)16(26,27)28/h2-5H,6,32H2,1H3. The van der Waals surface area contributed by atoms with Crippen LogP contribution in [0.5, 0.6) is 0 Å². The Hall–Kier alpha value is -2.75. The van der Waals surface area contributed by atoms with Gasteiger partial charge in [0.1, 0.15) is 11.4 Å². The smallest absolute Gasteiger partial charge is 0.399 e. The van der Waals surface area contributed by atoms with Gasteiger partial charge in [-0.05, 0) is 30.2 Å². The topological polar surface area (TPSA) is 43.8 Å². The summed E-state index contributed by atoms with van der Waals surface area (Å²) in [5, 5.41) is 2.45. The summed E-state index contributed by atoms with van der Waals surface area (Å²) in [6.45, 7) is 0.0202. The Morgan fingerprint density at radius 1 is 0.735 bits per heavy atom. The highest BCUT2D eigenvalue weighted by Gasteiger charge is 2.77. The number of nitrogens with two attached hydrogens (primary N) is 1. The molecule has 0 saturated carbocycles. The lowest BCUT2D eigenvalue weighted by molar-refractivity contribution is -0.361. The van der Waals surface area contributed by atoms with Gasteiger partial charge in [-0.25, -0.2) is 0 Å².